The largest absolute Gasteiger partial charge is 0.418 e. The minimum absolute atomic E-state index is 0.337. The van der Waals surface area contributed by atoms with Crippen LogP contribution >= 0.6 is 0 Å². The number of benzene rings is 1. The third-order valence-electron chi connectivity index (χ3n) is 8.17. The summed E-state index contributed by atoms with van der Waals surface area (Å²) in [5.74, 6) is 1.51. The van der Waals surface area contributed by atoms with Crippen molar-refractivity contribution >= 4 is 29.2 Å². The summed E-state index contributed by atoms with van der Waals surface area (Å²) in [6.45, 7) is 3.84. The molecule has 0 radical (unpaired) electrons. The van der Waals surface area contributed by atoms with E-state index in [4.69, 9.17) is 4.74 Å². The number of ether oxygens (including phenoxy) is 1. The first-order chi connectivity index (χ1) is 18.6. The van der Waals surface area contributed by atoms with Gasteiger partial charge in [0.15, 0.2) is 0 Å². The Morgan fingerprint density at radius 2 is 2.00 bits per heavy atom. The zero-order valence-electron chi connectivity index (χ0n) is 21.8. The molecule has 0 unspecified atom stereocenters. The molecule has 10 nitrogen and oxygen atoms in total. The van der Waals surface area contributed by atoms with E-state index in [2.05, 4.69) is 61.7 Å². The van der Waals surface area contributed by atoms with Crippen molar-refractivity contribution in [1.29, 1.82) is 5.26 Å². The van der Waals surface area contributed by atoms with Gasteiger partial charge in [-0.15, -0.1) is 0 Å². The lowest BCUT2D eigenvalue weighted by molar-refractivity contribution is 0.133. The molecule has 0 spiro atoms. The van der Waals surface area contributed by atoms with E-state index < -0.39 is 0 Å². The lowest BCUT2D eigenvalue weighted by atomic mass is 10.1. The number of nitrogens with zero attached hydrogens (tertiary/aromatic N) is 6. The Labute approximate surface area is 223 Å². The number of hydrogen-bond acceptors (Lipinski definition) is 9. The van der Waals surface area contributed by atoms with Gasteiger partial charge >= 0.3 is 6.09 Å². The average Bonchev–Trinajstić information content (AvgIpc) is 3.75. The maximum absolute atomic E-state index is 11.8. The average molecular weight is 515 g/mol. The van der Waals surface area contributed by atoms with Crippen LogP contribution in [-0.2, 0) is 4.74 Å². The van der Waals surface area contributed by atoms with Gasteiger partial charge in [0.25, 0.3) is 0 Å². The quantitative estimate of drug-likeness (QED) is 0.480. The number of carbonyl (C=O) groups excluding carboxylic acids is 1. The molecule has 6 rings (SSSR count). The minimum Gasteiger partial charge on any atom is -0.418 e. The summed E-state index contributed by atoms with van der Waals surface area (Å²) in [5, 5.41) is 16.2. The second-order valence-corrected chi connectivity index (χ2v) is 10.7. The molecule has 1 amide bonds. The number of likely N-dealkylation sites (N-methyl/N-ethyl adjacent to an activating group) is 1. The molecule has 2 N–H and O–H groups in total. The predicted molar refractivity (Wildman–Crippen MR) is 146 cm³/mol. The normalized spacial score (nSPS) is 22.8. The van der Waals surface area contributed by atoms with Crippen LogP contribution in [0.15, 0.2) is 36.7 Å². The van der Waals surface area contributed by atoms with Crippen LogP contribution in [0.25, 0.3) is 0 Å². The van der Waals surface area contributed by atoms with Gasteiger partial charge in [-0.3, -0.25) is 4.90 Å². The SMILES string of the molecule is CN1[C@@H]2CC[C@H]1CN(c1ccc(Nc3ncc(C#N)c(NCCCN4CC=COC4=O)n3)c(C3CC3)c1)C2. The zero-order valence-corrected chi connectivity index (χ0v) is 21.8. The highest BCUT2D eigenvalue weighted by Gasteiger charge is 2.38. The van der Waals surface area contributed by atoms with Crippen LogP contribution in [-0.4, -0.2) is 77.7 Å². The van der Waals surface area contributed by atoms with E-state index >= 15 is 0 Å². The molecule has 4 heterocycles. The van der Waals surface area contributed by atoms with Crippen molar-refractivity contribution in [3.05, 3.63) is 47.9 Å². The summed E-state index contributed by atoms with van der Waals surface area (Å²) < 4.78 is 4.91. The third-order valence-corrected chi connectivity index (χ3v) is 8.17. The van der Waals surface area contributed by atoms with Crippen molar-refractivity contribution in [1.82, 2.24) is 19.8 Å². The molecular weight excluding hydrogens is 480 g/mol. The van der Waals surface area contributed by atoms with Gasteiger partial charge in [0.05, 0.1) is 12.5 Å². The maximum Gasteiger partial charge on any atom is 0.414 e. The molecule has 38 heavy (non-hydrogen) atoms. The van der Waals surface area contributed by atoms with Crippen LogP contribution in [0.1, 0.15) is 49.1 Å². The molecule has 2 aromatic rings. The van der Waals surface area contributed by atoms with Crippen molar-refractivity contribution in [3.8, 4) is 6.07 Å². The van der Waals surface area contributed by atoms with Gasteiger partial charge in [0.2, 0.25) is 5.95 Å². The summed E-state index contributed by atoms with van der Waals surface area (Å²) in [4.78, 5) is 27.5. The first-order valence-electron chi connectivity index (χ1n) is 13.6. The number of nitriles is 1. The Bertz CT molecular complexity index is 1260. The summed E-state index contributed by atoms with van der Waals surface area (Å²) in [6, 6.07) is 10.2. The van der Waals surface area contributed by atoms with Gasteiger partial charge in [-0.25, -0.2) is 9.78 Å². The van der Waals surface area contributed by atoms with Crippen LogP contribution in [0, 0.1) is 11.3 Å². The Balaban J connectivity index is 1.13. The number of nitrogens with one attached hydrogen (secondary N) is 2. The molecule has 1 aromatic heterocycles. The van der Waals surface area contributed by atoms with E-state index in [0.29, 0.717) is 61.4 Å². The fraction of sp³-hybridized carbons (Fsp3) is 0.500. The highest BCUT2D eigenvalue weighted by atomic mass is 16.5. The highest BCUT2D eigenvalue weighted by Crippen LogP contribution is 2.45. The molecule has 1 saturated carbocycles. The number of aromatic nitrogens is 2. The molecule has 1 aliphatic carbocycles. The van der Waals surface area contributed by atoms with Crippen molar-refractivity contribution in [2.24, 2.45) is 0 Å². The maximum atomic E-state index is 11.8. The number of carbonyl (C=O) groups is 1. The van der Waals surface area contributed by atoms with Crippen LogP contribution < -0.4 is 15.5 Å². The molecule has 2 saturated heterocycles. The van der Waals surface area contributed by atoms with Crippen LogP contribution in [0.5, 0.6) is 0 Å². The Kier molecular flexibility index (Phi) is 6.77. The van der Waals surface area contributed by atoms with E-state index in [1.165, 1.54) is 43.2 Å². The number of rotatable bonds is 9. The molecule has 2 bridgehead atoms. The van der Waals surface area contributed by atoms with E-state index in [1.807, 2.05) is 6.08 Å². The van der Waals surface area contributed by atoms with E-state index in [0.717, 1.165) is 18.8 Å². The molecule has 198 valence electrons. The second-order valence-electron chi connectivity index (χ2n) is 10.7. The van der Waals surface area contributed by atoms with Gasteiger partial charge in [-0.05, 0) is 74.9 Å². The molecule has 4 aliphatic rings. The first-order valence-corrected chi connectivity index (χ1v) is 13.6. The smallest absolute Gasteiger partial charge is 0.414 e. The van der Waals surface area contributed by atoms with E-state index in [9.17, 15) is 10.1 Å². The molecule has 10 heteroatoms. The molecule has 3 aliphatic heterocycles. The fourth-order valence-electron chi connectivity index (χ4n) is 5.78. The van der Waals surface area contributed by atoms with E-state index in [-0.39, 0.29) is 6.09 Å². The third kappa shape index (κ3) is 5.11. The van der Waals surface area contributed by atoms with Crippen molar-refractivity contribution in [3.63, 3.8) is 0 Å². The minimum atomic E-state index is -0.337. The second kappa shape index (κ2) is 10.5. The number of piperazine rings is 1. The molecule has 3 fully saturated rings. The molecule has 2 atom stereocenters. The van der Waals surface area contributed by atoms with Gasteiger partial charge < -0.3 is 25.2 Å². The predicted octanol–water partition coefficient (Wildman–Crippen LogP) is 4.02. The van der Waals surface area contributed by atoms with Crippen LogP contribution in [0.4, 0.5) is 27.9 Å². The summed E-state index contributed by atoms with van der Waals surface area (Å²) >= 11 is 0. The summed E-state index contributed by atoms with van der Waals surface area (Å²) in [6.07, 6.45) is 10.1. The zero-order chi connectivity index (χ0) is 26.1. The Hall–Kier alpha value is -3.84. The van der Waals surface area contributed by atoms with Crippen molar-refractivity contribution in [2.75, 3.05) is 55.3 Å². The highest BCUT2D eigenvalue weighted by molar-refractivity contribution is 5.69. The van der Waals surface area contributed by atoms with Gasteiger partial charge in [-0.2, -0.15) is 10.2 Å². The lowest BCUT2D eigenvalue weighted by Crippen LogP contribution is -2.52. The fourth-order valence-corrected chi connectivity index (χ4v) is 5.78. The van der Waals surface area contributed by atoms with Crippen LogP contribution in [0.2, 0.25) is 0 Å². The first kappa shape index (κ1) is 24.5. The molecule has 1 aromatic carbocycles. The number of fused-ring (bicyclic) bond motifs is 2. The number of hydrogen-bond donors (Lipinski definition) is 2. The van der Waals surface area contributed by atoms with E-state index in [1.54, 1.807) is 11.1 Å². The van der Waals surface area contributed by atoms with Crippen LogP contribution in [0.3, 0.4) is 0 Å². The lowest BCUT2D eigenvalue weighted by Gasteiger charge is -2.40. The Morgan fingerprint density at radius 1 is 1.18 bits per heavy atom. The number of anilines is 4. The summed E-state index contributed by atoms with van der Waals surface area (Å²) in [7, 11) is 2.27. The van der Waals surface area contributed by atoms with Gasteiger partial charge in [0.1, 0.15) is 17.5 Å². The standard InChI is InChI=1S/C28H34N8O2/c1-34-22-6-7-23(34)18-36(17-22)21-8-9-25(24(14-21)19-4-5-19)32-27-31-16-20(15-29)26(33-27)30-10-2-11-35-12-3-13-38-28(35)37/h3,8-9,13-14,16,19,22-23H,2,4-7,10-12,17-18H2,1H3,(H2,30,31,32,33)/t22-,23+. The van der Waals surface area contributed by atoms with Crippen molar-refractivity contribution < 1.29 is 9.53 Å². The number of amides is 1. The Morgan fingerprint density at radius 3 is 2.74 bits per heavy atom. The van der Waals surface area contributed by atoms with Gasteiger partial charge in [0, 0.05) is 56.2 Å². The summed E-state index contributed by atoms with van der Waals surface area (Å²) in [5.41, 5.74) is 4.04. The number of cyclic esters (lactones) is 1. The monoisotopic (exact) mass is 514 g/mol. The molecular formula is C28H34N8O2. The topological polar surface area (TPSA) is 110 Å². The van der Waals surface area contributed by atoms with Crippen molar-refractivity contribution in [2.45, 2.75) is 50.1 Å². The van der Waals surface area contributed by atoms with Gasteiger partial charge in [-0.1, -0.05) is 0 Å².